The molecule has 1 aromatic heterocycles. The molecule has 2 aromatic carbocycles. The molecular weight excluding hydrogens is 479 g/mol. The lowest BCUT2D eigenvalue weighted by atomic mass is 10.1. The number of hydrogen-bond donors (Lipinski definition) is 0. The lowest BCUT2D eigenvalue weighted by molar-refractivity contribution is -0.137. The van der Waals surface area contributed by atoms with Gasteiger partial charge in [0.25, 0.3) is 5.91 Å². The molecule has 5 nitrogen and oxygen atoms in total. The minimum absolute atomic E-state index is 0.0867. The molecule has 37 heavy (non-hydrogen) atoms. The van der Waals surface area contributed by atoms with Crippen molar-refractivity contribution in [3.8, 4) is 0 Å². The minimum atomic E-state index is -4.47. The third-order valence-corrected chi connectivity index (χ3v) is 6.42. The number of hydrogen-bond acceptors (Lipinski definition) is 2. The van der Waals surface area contributed by atoms with Crippen LogP contribution in [0.15, 0.2) is 72.9 Å². The summed E-state index contributed by atoms with van der Waals surface area (Å²) in [7, 11) is 0. The lowest BCUT2D eigenvalue weighted by Gasteiger charge is -2.29. The van der Waals surface area contributed by atoms with E-state index in [1.54, 1.807) is 0 Å². The van der Waals surface area contributed by atoms with Gasteiger partial charge in [-0.1, -0.05) is 44.2 Å². The molecule has 0 spiro atoms. The molecule has 4 rings (SSSR count). The number of halogens is 3. The molecule has 0 bridgehead atoms. The first-order chi connectivity index (χ1) is 17.6. The fourth-order valence-corrected chi connectivity index (χ4v) is 4.41. The number of carbonyl (C=O) groups is 2. The molecule has 0 saturated heterocycles. The number of aromatic nitrogens is 1. The fraction of sp³-hybridized carbons (Fsp3) is 0.379. The number of carbonyl (C=O) groups excluding carboxylic acids is 2. The third-order valence-electron chi connectivity index (χ3n) is 6.42. The van der Waals surface area contributed by atoms with Gasteiger partial charge in [-0.2, -0.15) is 13.2 Å². The van der Waals surface area contributed by atoms with Crippen molar-refractivity contribution >= 4 is 11.8 Å². The summed E-state index contributed by atoms with van der Waals surface area (Å²) < 4.78 is 41.0. The average molecular weight is 512 g/mol. The molecule has 1 saturated carbocycles. The van der Waals surface area contributed by atoms with E-state index < -0.39 is 17.6 Å². The maximum atomic E-state index is 13.5. The Morgan fingerprint density at radius 2 is 1.65 bits per heavy atom. The van der Waals surface area contributed by atoms with Gasteiger partial charge in [-0.15, -0.1) is 0 Å². The Balaban J connectivity index is 1.48. The highest BCUT2D eigenvalue weighted by Gasteiger charge is 2.35. The molecule has 0 atom stereocenters. The van der Waals surface area contributed by atoms with E-state index >= 15 is 0 Å². The molecule has 8 heteroatoms. The summed E-state index contributed by atoms with van der Waals surface area (Å²) in [5.41, 5.74) is 1.49. The van der Waals surface area contributed by atoms with E-state index in [0.717, 1.165) is 36.2 Å². The predicted molar refractivity (Wildman–Crippen MR) is 136 cm³/mol. The third kappa shape index (κ3) is 7.02. The summed E-state index contributed by atoms with van der Waals surface area (Å²) >= 11 is 0. The fourth-order valence-electron chi connectivity index (χ4n) is 4.41. The van der Waals surface area contributed by atoms with Gasteiger partial charge in [0.1, 0.15) is 6.54 Å². The van der Waals surface area contributed by atoms with E-state index in [4.69, 9.17) is 0 Å². The normalized spacial score (nSPS) is 13.6. The van der Waals surface area contributed by atoms with E-state index in [9.17, 15) is 22.8 Å². The van der Waals surface area contributed by atoms with Crippen LogP contribution in [-0.4, -0.2) is 45.3 Å². The predicted octanol–water partition coefficient (Wildman–Crippen LogP) is 5.84. The van der Waals surface area contributed by atoms with Gasteiger partial charge < -0.3 is 14.4 Å². The Labute approximate surface area is 215 Å². The Hall–Kier alpha value is -3.55. The zero-order valence-electron chi connectivity index (χ0n) is 21.1. The molecule has 0 radical (unpaired) electrons. The Kier molecular flexibility index (Phi) is 8.05. The van der Waals surface area contributed by atoms with Crippen molar-refractivity contribution in [2.24, 2.45) is 5.92 Å². The summed E-state index contributed by atoms with van der Waals surface area (Å²) in [5, 5.41) is 0. The van der Waals surface area contributed by atoms with Gasteiger partial charge in [-0.05, 0) is 60.7 Å². The molecule has 2 amide bonds. The maximum absolute atomic E-state index is 13.5. The smallest absolute Gasteiger partial charge is 0.345 e. The second-order valence-electron chi connectivity index (χ2n) is 10.0. The van der Waals surface area contributed by atoms with Gasteiger partial charge in [0.15, 0.2) is 0 Å². The SMILES string of the molecule is CC(C)CN(CC(=O)N(Cc1cccn1Cc1ccccc1)C1CC1)C(=O)c1ccc(C(F)(F)F)cc1. The van der Waals surface area contributed by atoms with Crippen LogP contribution in [0.25, 0.3) is 0 Å². The van der Waals surface area contributed by atoms with Crippen LogP contribution in [0, 0.1) is 5.92 Å². The zero-order chi connectivity index (χ0) is 26.6. The number of rotatable bonds is 10. The quantitative estimate of drug-likeness (QED) is 0.343. The lowest BCUT2D eigenvalue weighted by Crippen LogP contribution is -2.45. The van der Waals surface area contributed by atoms with Crippen molar-refractivity contribution < 1.29 is 22.8 Å². The van der Waals surface area contributed by atoms with Gasteiger partial charge >= 0.3 is 6.18 Å². The molecule has 0 aliphatic heterocycles. The van der Waals surface area contributed by atoms with Crippen molar-refractivity contribution in [3.63, 3.8) is 0 Å². The first-order valence-corrected chi connectivity index (χ1v) is 12.6. The Morgan fingerprint density at radius 1 is 0.973 bits per heavy atom. The standard InChI is InChI=1S/C29H32F3N3O2/c1-21(2)17-34(28(37)23-10-12-24(13-11-23)29(30,31)32)20-27(36)35(25-14-15-25)19-26-9-6-16-33(26)18-22-7-4-3-5-8-22/h3-13,16,21,25H,14-15,17-20H2,1-2H3. The maximum Gasteiger partial charge on any atom is 0.416 e. The molecule has 1 heterocycles. The summed E-state index contributed by atoms with van der Waals surface area (Å²) in [6.45, 7) is 5.22. The van der Waals surface area contributed by atoms with Gasteiger partial charge in [0.05, 0.1) is 12.1 Å². The highest BCUT2D eigenvalue weighted by atomic mass is 19.4. The van der Waals surface area contributed by atoms with Crippen LogP contribution in [0.2, 0.25) is 0 Å². The molecule has 3 aromatic rings. The molecule has 1 aliphatic carbocycles. The molecule has 196 valence electrons. The molecule has 0 unspecified atom stereocenters. The van der Waals surface area contributed by atoms with Crippen molar-refractivity contribution in [2.75, 3.05) is 13.1 Å². The van der Waals surface area contributed by atoms with Crippen molar-refractivity contribution in [2.45, 2.75) is 52.0 Å². The number of nitrogens with zero attached hydrogens (tertiary/aromatic N) is 3. The van der Waals surface area contributed by atoms with E-state index in [-0.39, 0.29) is 30.0 Å². The van der Waals surface area contributed by atoms with Crippen LogP contribution in [0.3, 0.4) is 0 Å². The second-order valence-corrected chi connectivity index (χ2v) is 10.0. The topological polar surface area (TPSA) is 45.6 Å². The van der Waals surface area contributed by atoms with Crippen LogP contribution < -0.4 is 0 Å². The average Bonchev–Trinajstić information content (AvgIpc) is 3.61. The van der Waals surface area contributed by atoms with Gasteiger partial charge in [0, 0.05) is 36.6 Å². The van der Waals surface area contributed by atoms with Crippen LogP contribution in [0.1, 0.15) is 53.9 Å². The van der Waals surface area contributed by atoms with Gasteiger partial charge in [-0.3, -0.25) is 9.59 Å². The minimum Gasteiger partial charge on any atom is -0.345 e. The van der Waals surface area contributed by atoms with Crippen LogP contribution in [0.5, 0.6) is 0 Å². The van der Waals surface area contributed by atoms with Gasteiger partial charge in [0.2, 0.25) is 5.91 Å². The summed E-state index contributed by atoms with van der Waals surface area (Å²) in [6, 6.07) is 18.4. The zero-order valence-corrected chi connectivity index (χ0v) is 21.1. The van der Waals surface area contributed by atoms with E-state index in [0.29, 0.717) is 19.6 Å². The number of alkyl halides is 3. The highest BCUT2D eigenvalue weighted by molar-refractivity contribution is 5.96. The summed E-state index contributed by atoms with van der Waals surface area (Å²) in [5.74, 6) is -0.515. The summed E-state index contributed by atoms with van der Waals surface area (Å²) in [6.07, 6.45) is -0.639. The van der Waals surface area contributed by atoms with E-state index in [2.05, 4.69) is 16.7 Å². The molecular formula is C29H32F3N3O2. The van der Waals surface area contributed by atoms with E-state index in [1.807, 2.05) is 55.3 Å². The first kappa shape index (κ1) is 26.5. The van der Waals surface area contributed by atoms with Gasteiger partial charge in [-0.25, -0.2) is 0 Å². The monoisotopic (exact) mass is 511 g/mol. The van der Waals surface area contributed by atoms with Crippen molar-refractivity contribution in [3.05, 3.63) is 95.3 Å². The van der Waals surface area contributed by atoms with Crippen molar-refractivity contribution in [1.29, 1.82) is 0 Å². The number of benzene rings is 2. The largest absolute Gasteiger partial charge is 0.416 e. The highest BCUT2D eigenvalue weighted by Crippen LogP contribution is 2.30. The molecule has 0 N–H and O–H groups in total. The van der Waals surface area contributed by atoms with Crippen LogP contribution in [0.4, 0.5) is 13.2 Å². The Morgan fingerprint density at radius 3 is 2.24 bits per heavy atom. The van der Waals surface area contributed by atoms with Crippen LogP contribution in [-0.2, 0) is 24.1 Å². The Bertz CT molecular complexity index is 1200. The van der Waals surface area contributed by atoms with E-state index in [1.165, 1.54) is 17.0 Å². The molecule has 1 aliphatic rings. The molecule has 1 fully saturated rings. The first-order valence-electron chi connectivity index (χ1n) is 12.6. The summed E-state index contributed by atoms with van der Waals surface area (Å²) in [4.78, 5) is 30.0. The van der Waals surface area contributed by atoms with Crippen molar-refractivity contribution in [1.82, 2.24) is 14.4 Å². The van der Waals surface area contributed by atoms with Crippen LogP contribution >= 0.6 is 0 Å². The second kappa shape index (κ2) is 11.2. The number of amides is 2.